The second-order valence-electron chi connectivity index (χ2n) is 8.46. The Morgan fingerprint density at radius 2 is 2.09 bits per heavy atom. The minimum atomic E-state index is -0.966. The summed E-state index contributed by atoms with van der Waals surface area (Å²) in [5.74, 6) is -0.647. The fourth-order valence-electron chi connectivity index (χ4n) is 3.51. The number of aryl methyl sites for hydroxylation is 1. The lowest BCUT2D eigenvalue weighted by atomic mass is 10.0. The number of rotatable bonds is 10. The van der Waals surface area contributed by atoms with Crippen LogP contribution in [0.25, 0.3) is 0 Å². The molecule has 2 heterocycles. The highest BCUT2D eigenvalue weighted by molar-refractivity contribution is 5.99. The van der Waals surface area contributed by atoms with Crippen LogP contribution in [-0.4, -0.2) is 62.0 Å². The molecule has 178 valence electrons. The van der Waals surface area contributed by atoms with Gasteiger partial charge in [0.15, 0.2) is 17.4 Å². The predicted molar refractivity (Wildman–Crippen MR) is 119 cm³/mol. The van der Waals surface area contributed by atoms with Gasteiger partial charge < -0.3 is 25.2 Å². The first kappa shape index (κ1) is 24.4. The van der Waals surface area contributed by atoms with Gasteiger partial charge in [-0.15, -0.1) is 0 Å². The van der Waals surface area contributed by atoms with E-state index in [9.17, 15) is 19.1 Å². The molecule has 2 amide bonds. The van der Waals surface area contributed by atoms with Gasteiger partial charge in [-0.3, -0.25) is 14.3 Å². The van der Waals surface area contributed by atoms with E-state index < -0.39 is 36.4 Å². The Hall–Kier alpha value is -3.24. The van der Waals surface area contributed by atoms with Crippen LogP contribution in [0.3, 0.4) is 0 Å². The van der Waals surface area contributed by atoms with E-state index in [0.29, 0.717) is 12.0 Å². The maximum Gasteiger partial charge on any atom is 0.251 e. The molecule has 0 unspecified atom stereocenters. The van der Waals surface area contributed by atoms with E-state index in [1.54, 1.807) is 31.3 Å². The van der Waals surface area contributed by atoms with E-state index in [1.165, 1.54) is 21.7 Å². The van der Waals surface area contributed by atoms with Crippen molar-refractivity contribution in [3.8, 4) is 5.75 Å². The highest BCUT2D eigenvalue weighted by Gasteiger charge is 2.35. The van der Waals surface area contributed by atoms with Crippen molar-refractivity contribution in [1.82, 2.24) is 14.7 Å². The third-order valence-corrected chi connectivity index (χ3v) is 5.17. The third kappa shape index (κ3) is 6.17. The molecule has 1 aromatic carbocycles. The van der Waals surface area contributed by atoms with E-state index in [2.05, 4.69) is 10.4 Å². The first-order valence-corrected chi connectivity index (χ1v) is 10.7. The molecule has 0 saturated heterocycles. The summed E-state index contributed by atoms with van der Waals surface area (Å²) in [7, 11) is 0. The number of hydrogen-bond donors (Lipinski definition) is 3. The number of carbonyl (C=O) groups excluding carboxylic acids is 2. The number of benzene rings is 1. The van der Waals surface area contributed by atoms with E-state index in [0.717, 1.165) is 0 Å². The summed E-state index contributed by atoms with van der Waals surface area (Å²) in [5, 5.41) is 25.4. The van der Waals surface area contributed by atoms with E-state index >= 15 is 0 Å². The van der Waals surface area contributed by atoms with Crippen LogP contribution in [0.4, 0.5) is 10.2 Å². The Bertz CT molecular complexity index is 1040. The summed E-state index contributed by atoms with van der Waals surface area (Å²) in [4.78, 5) is 27.1. The van der Waals surface area contributed by atoms with Gasteiger partial charge in [-0.05, 0) is 30.9 Å². The summed E-state index contributed by atoms with van der Waals surface area (Å²) < 4.78 is 21.3. The smallest absolute Gasteiger partial charge is 0.251 e. The molecule has 1 aromatic heterocycles. The van der Waals surface area contributed by atoms with Gasteiger partial charge in [0.05, 0.1) is 25.8 Å². The van der Waals surface area contributed by atoms with Gasteiger partial charge in [-0.2, -0.15) is 5.10 Å². The highest BCUT2D eigenvalue weighted by Crippen LogP contribution is 2.26. The number of aliphatic hydroxyl groups is 2. The Morgan fingerprint density at radius 3 is 2.79 bits per heavy atom. The highest BCUT2D eigenvalue weighted by atomic mass is 19.1. The molecule has 1 aliphatic heterocycles. The van der Waals surface area contributed by atoms with Crippen LogP contribution in [-0.2, 0) is 16.1 Å². The van der Waals surface area contributed by atoms with Crippen LogP contribution in [0.1, 0.15) is 25.8 Å². The lowest BCUT2D eigenvalue weighted by molar-refractivity contribution is -0.133. The van der Waals surface area contributed by atoms with E-state index in [-0.39, 0.29) is 36.3 Å². The van der Waals surface area contributed by atoms with Crippen molar-refractivity contribution in [2.75, 3.05) is 18.5 Å². The molecule has 2 aromatic rings. The maximum atomic E-state index is 14.3. The molecular weight excluding hydrogens is 431 g/mol. The minimum absolute atomic E-state index is 0.0244. The molecule has 0 radical (unpaired) electrons. The second kappa shape index (κ2) is 10.6. The Labute approximate surface area is 191 Å². The molecule has 0 bridgehead atoms. The number of aromatic nitrogens is 2. The number of carbonyl (C=O) groups is 2. The molecule has 33 heavy (non-hydrogen) atoms. The van der Waals surface area contributed by atoms with E-state index in [4.69, 9.17) is 9.84 Å². The summed E-state index contributed by atoms with van der Waals surface area (Å²) in [6.07, 6.45) is 2.28. The zero-order chi connectivity index (χ0) is 24.1. The number of amides is 2. The molecule has 10 heteroatoms. The zero-order valence-electron chi connectivity index (χ0n) is 18.9. The maximum absolute atomic E-state index is 14.3. The van der Waals surface area contributed by atoms with Crippen molar-refractivity contribution >= 4 is 17.6 Å². The van der Waals surface area contributed by atoms with Crippen LogP contribution in [0, 0.1) is 18.7 Å². The average Bonchev–Trinajstić information content (AvgIpc) is 3.35. The quantitative estimate of drug-likeness (QED) is 0.498. The lowest BCUT2D eigenvalue weighted by Crippen LogP contribution is -2.46. The normalized spacial score (nSPS) is 15.5. The Kier molecular flexibility index (Phi) is 7.83. The summed E-state index contributed by atoms with van der Waals surface area (Å²) in [5.41, 5.74) is 0.428. The molecule has 0 saturated carbocycles. The van der Waals surface area contributed by atoms with Crippen molar-refractivity contribution in [3.05, 3.63) is 53.7 Å². The first-order valence-electron chi connectivity index (χ1n) is 10.7. The fraction of sp³-hybridized carbons (Fsp3) is 0.435. The third-order valence-electron chi connectivity index (χ3n) is 5.17. The standard InChI is InChI=1S/C23H29FN4O5/c1-14(2)9-18(23(32)25-20-7-8-27(26-20)11-16(30)13-29)28-12-17(10-21(28)31)33-19-6-4-5-15(3)22(19)24/h4-8,10,14,16,18,29-30H,9,11-13H2,1-3H3,(H,25,26,32)/t16-,18+/m1/s1. The van der Waals surface area contributed by atoms with Crippen molar-refractivity contribution in [3.63, 3.8) is 0 Å². The Balaban J connectivity index is 1.70. The minimum Gasteiger partial charge on any atom is -0.457 e. The van der Waals surface area contributed by atoms with E-state index in [1.807, 2.05) is 13.8 Å². The molecule has 1 aliphatic rings. The molecule has 9 nitrogen and oxygen atoms in total. The van der Waals surface area contributed by atoms with Crippen LogP contribution < -0.4 is 10.1 Å². The number of aliphatic hydroxyl groups excluding tert-OH is 2. The van der Waals surface area contributed by atoms with Crippen molar-refractivity contribution < 1.29 is 28.9 Å². The number of halogens is 1. The number of ether oxygens (including phenoxy) is 1. The van der Waals surface area contributed by atoms with Gasteiger partial charge in [-0.1, -0.05) is 26.0 Å². The second-order valence-corrected chi connectivity index (χ2v) is 8.46. The molecule has 3 N–H and O–H groups in total. The number of nitrogens with one attached hydrogen (secondary N) is 1. The molecule has 2 atom stereocenters. The summed E-state index contributed by atoms with van der Waals surface area (Å²) >= 11 is 0. The van der Waals surface area contributed by atoms with Crippen LogP contribution in [0.2, 0.25) is 0 Å². The SMILES string of the molecule is Cc1cccc(OC2=CC(=O)N([C@@H](CC(C)C)C(=O)Nc3ccn(C[C@@H](O)CO)n3)C2)c1F. The van der Waals surface area contributed by atoms with Gasteiger partial charge >= 0.3 is 0 Å². The predicted octanol–water partition coefficient (Wildman–Crippen LogP) is 1.84. The molecular formula is C23H29FN4O5. The van der Waals surface area contributed by atoms with Gasteiger partial charge in [0.2, 0.25) is 5.91 Å². The van der Waals surface area contributed by atoms with Gasteiger partial charge in [0.25, 0.3) is 5.91 Å². The van der Waals surface area contributed by atoms with Gasteiger partial charge in [-0.25, -0.2) is 4.39 Å². The molecule has 3 rings (SSSR count). The van der Waals surface area contributed by atoms with Gasteiger partial charge in [0.1, 0.15) is 11.8 Å². The average molecular weight is 461 g/mol. The topological polar surface area (TPSA) is 117 Å². The molecule has 0 fully saturated rings. The van der Waals surface area contributed by atoms with Crippen LogP contribution >= 0.6 is 0 Å². The summed E-state index contributed by atoms with van der Waals surface area (Å²) in [6.45, 7) is 5.22. The summed E-state index contributed by atoms with van der Waals surface area (Å²) in [6, 6.07) is 5.55. The fourth-order valence-corrected chi connectivity index (χ4v) is 3.51. The Morgan fingerprint density at radius 1 is 1.33 bits per heavy atom. The van der Waals surface area contributed by atoms with Crippen molar-refractivity contribution in [2.24, 2.45) is 5.92 Å². The van der Waals surface area contributed by atoms with Gasteiger partial charge in [0, 0.05) is 18.3 Å². The lowest BCUT2D eigenvalue weighted by Gasteiger charge is -2.28. The first-order chi connectivity index (χ1) is 15.7. The van der Waals surface area contributed by atoms with Crippen LogP contribution in [0.15, 0.2) is 42.3 Å². The van der Waals surface area contributed by atoms with Crippen LogP contribution in [0.5, 0.6) is 5.75 Å². The number of nitrogens with zero attached hydrogens (tertiary/aromatic N) is 3. The van der Waals surface area contributed by atoms with Crippen molar-refractivity contribution in [1.29, 1.82) is 0 Å². The number of anilines is 1. The monoisotopic (exact) mass is 460 g/mol. The zero-order valence-corrected chi connectivity index (χ0v) is 18.9. The molecule has 0 aliphatic carbocycles. The number of hydrogen-bond acceptors (Lipinski definition) is 6. The largest absolute Gasteiger partial charge is 0.457 e. The van der Waals surface area contributed by atoms with Crippen molar-refractivity contribution in [2.45, 2.75) is 45.9 Å². The molecule has 0 spiro atoms.